The van der Waals surface area contributed by atoms with Crippen molar-refractivity contribution in [1.29, 1.82) is 0 Å². The Hall–Kier alpha value is -3.18. The molecule has 2 fully saturated rings. The highest BCUT2D eigenvalue weighted by atomic mass is 35.5. The van der Waals surface area contributed by atoms with E-state index in [2.05, 4.69) is 59.2 Å². The summed E-state index contributed by atoms with van der Waals surface area (Å²) in [5, 5.41) is 6.44. The molecule has 0 atom stereocenters. The van der Waals surface area contributed by atoms with Gasteiger partial charge in [-0.1, -0.05) is 22.8 Å². The second kappa shape index (κ2) is 8.42. The lowest BCUT2D eigenvalue weighted by Gasteiger charge is -2.47. The Bertz CT molecular complexity index is 1550. The third-order valence-electron chi connectivity index (χ3n) is 8.59. The molecule has 1 aromatic carbocycles. The van der Waals surface area contributed by atoms with E-state index in [-0.39, 0.29) is 5.41 Å². The lowest BCUT2D eigenvalue weighted by Crippen LogP contribution is -2.42. The maximum absolute atomic E-state index is 6.60. The largest absolute Gasteiger partial charge is 0.371 e. The van der Waals surface area contributed by atoms with E-state index < -0.39 is 0 Å². The number of rotatable bonds is 4. The van der Waals surface area contributed by atoms with E-state index in [4.69, 9.17) is 21.1 Å². The van der Waals surface area contributed by atoms with Gasteiger partial charge in [-0.2, -0.15) is 0 Å². The van der Waals surface area contributed by atoms with Crippen molar-refractivity contribution < 1.29 is 4.52 Å². The zero-order valence-corrected chi connectivity index (χ0v) is 22.4. The summed E-state index contributed by atoms with van der Waals surface area (Å²) in [7, 11) is 0. The number of halogens is 1. The van der Waals surface area contributed by atoms with Gasteiger partial charge < -0.3 is 9.42 Å². The minimum atomic E-state index is 0.268. The Morgan fingerprint density at radius 3 is 2.51 bits per heavy atom. The number of aryl methyl sites for hydroxylation is 3. The monoisotopic (exact) mass is 510 g/mol. The Morgan fingerprint density at radius 1 is 1.00 bits per heavy atom. The number of allylic oxidation sites excluding steroid dienone is 2. The van der Waals surface area contributed by atoms with Gasteiger partial charge in [0.05, 0.1) is 10.5 Å². The van der Waals surface area contributed by atoms with Crippen molar-refractivity contribution in [2.24, 2.45) is 5.41 Å². The first kappa shape index (κ1) is 23.0. The topological polar surface area (TPSA) is 55.1 Å². The van der Waals surface area contributed by atoms with Gasteiger partial charge >= 0.3 is 0 Å². The molecule has 6 heteroatoms. The molecule has 0 unspecified atom stereocenters. The number of hydrogen-bond donors (Lipinski definition) is 0. The molecular weight excluding hydrogens is 480 g/mol. The molecule has 5 nitrogen and oxygen atoms in total. The van der Waals surface area contributed by atoms with Gasteiger partial charge in [-0.15, -0.1) is 0 Å². The Labute approximate surface area is 222 Å². The molecular formula is C31H31ClN4O. The molecule has 3 aliphatic rings. The summed E-state index contributed by atoms with van der Waals surface area (Å²) in [6.45, 7) is 8.42. The maximum Gasteiger partial charge on any atom is 0.147 e. The van der Waals surface area contributed by atoms with Gasteiger partial charge in [0, 0.05) is 59.3 Å². The number of pyridine rings is 2. The summed E-state index contributed by atoms with van der Waals surface area (Å²) in [6, 6.07) is 8.91. The Balaban J connectivity index is 1.15. The van der Waals surface area contributed by atoms with Crippen molar-refractivity contribution in [2.45, 2.75) is 58.8 Å². The van der Waals surface area contributed by atoms with E-state index in [9.17, 15) is 0 Å². The van der Waals surface area contributed by atoms with Crippen LogP contribution in [0.5, 0.6) is 0 Å². The first-order valence-corrected chi connectivity index (χ1v) is 13.7. The van der Waals surface area contributed by atoms with E-state index in [0.717, 1.165) is 66.1 Å². The zero-order valence-electron chi connectivity index (χ0n) is 21.6. The summed E-state index contributed by atoms with van der Waals surface area (Å²) in [5.74, 6) is 1.54. The summed E-state index contributed by atoms with van der Waals surface area (Å²) in [4.78, 5) is 11.5. The predicted octanol–water partition coefficient (Wildman–Crippen LogP) is 7.81. The first-order valence-electron chi connectivity index (χ1n) is 13.4. The fourth-order valence-corrected chi connectivity index (χ4v) is 6.69. The lowest BCUT2D eigenvalue weighted by atomic mass is 9.63. The maximum atomic E-state index is 6.60. The van der Waals surface area contributed by atoms with Crippen molar-refractivity contribution in [3.8, 4) is 11.3 Å². The summed E-state index contributed by atoms with van der Waals surface area (Å²) in [5.41, 5.74) is 10.5. The molecule has 0 N–H and O–H groups in total. The fourth-order valence-electron chi connectivity index (χ4n) is 6.40. The van der Waals surface area contributed by atoms with Gasteiger partial charge in [-0.25, -0.2) is 0 Å². The predicted molar refractivity (Wildman–Crippen MR) is 149 cm³/mol. The molecule has 1 saturated carbocycles. The third-order valence-corrected chi connectivity index (χ3v) is 8.87. The summed E-state index contributed by atoms with van der Waals surface area (Å²) in [6.07, 6.45) is 11.8. The van der Waals surface area contributed by atoms with Crippen LogP contribution in [-0.2, 0) is 0 Å². The number of aromatic nitrogens is 3. The highest BCUT2D eigenvalue weighted by molar-refractivity contribution is 6.33. The van der Waals surface area contributed by atoms with Crippen molar-refractivity contribution in [2.75, 3.05) is 18.0 Å². The minimum Gasteiger partial charge on any atom is -0.371 e. The summed E-state index contributed by atoms with van der Waals surface area (Å²) >= 11 is 6.60. The quantitative estimate of drug-likeness (QED) is 0.280. The van der Waals surface area contributed by atoms with Gasteiger partial charge in [0.25, 0.3) is 0 Å². The van der Waals surface area contributed by atoms with E-state index in [0.29, 0.717) is 10.9 Å². The van der Waals surface area contributed by atoms with E-state index in [1.54, 1.807) is 6.20 Å². The number of anilines is 1. The number of benzene rings is 1. The average molecular weight is 511 g/mol. The average Bonchev–Trinajstić information content (AvgIpc) is 3.62. The van der Waals surface area contributed by atoms with E-state index in [1.165, 1.54) is 40.6 Å². The first-order chi connectivity index (χ1) is 17.9. The second-order valence-electron chi connectivity index (χ2n) is 11.3. The van der Waals surface area contributed by atoms with Crippen LogP contribution < -0.4 is 4.90 Å². The molecule has 4 aromatic rings. The van der Waals surface area contributed by atoms with Gasteiger partial charge in [-0.3, -0.25) is 9.97 Å². The Morgan fingerprint density at radius 2 is 1.78 bits per heavy atom. The fraction of sp³-hybridized carbons (Fsp3) is 0.387. The number of nitrogens with zero attached hydrogens (tertiary/aromatic N) is 4. The molecule has 37 heavy (non-hydrogen) atoms. The normalized spacial score (nSPS) is 18.8. The van der Waals surface area contributed by atoms with Crippen LogP contribution in [0.15, 0.2) is 47.3 Å². The number of fused-ring (bicyclic) bond motifs is 1. The molecule has 188 valence electrons. The SMILES string of the molecule is Cc1cc(C)c2cc(N3CCC4(C=C(c5c(-c6c(C)cncc6Cl)noc5C5CC5)C4)CC3)ccc2n1. The van der Waals surface area contributed by atoms with Crippen LogP contribution in [0, 0.1) is 26.2 Å². The molecule has 1 saturated heterocycles. The molecule has 0 radical (unpaired) electrons. The van der Waals surface area contributed by atoms with Crippen LogP contribution in [0.25, 0.3) is 27.7 Å². The van der Waals surface area contributed by atoms with Crippen molar-refractivity contribution >= 4 is 33.8 Å². The molecule has 1 spiro atoms. The standard InChI is InChI=1S/C31H31ClN4O/c1-18-12-20(3)34-26-7-6-23(13-24(18)26)36-10-8-31(9-11-36)14-22(15-31)28-29(35-37-30(28)21-4-5-21)27-19(2)16-33-17-25(27)32/h6-7,12-14,16-17,21H,4-5,8-11,15H2,1-3H3. The van der Waals surface area contributed by atoms with Gasteiger partial charge in [-0.05, 0) is 99.3 Å². The Kier molecular flexibility index (Phi) is 5.23. The molecule has 3 aromatic heterocycles. The highest BCUT2D eigenvalue weighted by Gasteiger charge is 2.44. The van der Waals surface area contributed by atoms with Crippen LogP contribution in [-0.4, -0.2) is 28.2 Å². The highest BCUT2D eigenvalue weighted by Crippen LogP contribution is 2.56. The molecule has 4 heterocycles. The molecule has 0 bridgehead atoms. The van der Waals surface area contributed by atoms with Crippen molar-refractivity contribution in [1.82, 2.24) is 15.1 Å². The molecule has 0 amide bonds. The van der Waals surface area contributed by atoms with Crippen LogP contribution in [0.3, 0.4) is 0 Å². The second-order valence-corrected chi connectivity index (χ2v) is 11.7. The molecule has 7 rings (SSSR count). The van der Waals surface area contributed by atoms with E-state index in [1.807, 2.05) is 13.1 Å². The zero-order chi connectivity index (χ0) is 25.3. The third kappa shape index (κ3) is 3.86. The van der Waals surface area contributed by atoms with Crippen LogP contribution in [0.4, 0.5) is 5.69 Å². The van der Waals surface area contributed by atoms with Crippen LogP contribution in [0.2, 0.25) is 5.02 Å². The van der Waals surface area contributed by atoms with Gasteiger partial charge in [0.2, 0.25) is 0 Å². The number of piperidine rings is 1. The van der Waals surface area contributed by atoms with Crippen molar-refractivity contribution in [3.05, 3.63) is 75.9 Å². The number of hydrogen-bond acceptors (Lipinski definition) is 5. The smallest absolute Gasteiger partial charge is 0.147 e. The van der Waals surface area contributed by atoms with Crippen molar-refractivity contribution in [3.63, 3.8) is 0 Å². The van der Waals surface area contributed by atoms with E-state index >= 15 is 0 Å². The van der Waals surface area contributed by atoms with Crippen LogP contribution in [0.1, 0.15) is 66.2 Å². The molecule has 2 aliphatic carbocycles. The summed E-state index contributed by atoms with van der Waals surface area (Å²) < 4.78 is 5.96. The van der Waals surface area contributed by atoms with Crippen LogP contribution >= 0.6 is 11.6 Å². The van der Waals surface area contributed by atoms with Gasteiger partial charge in [0.1, 0.15) is 11.5 Å². The lowest BCUT2D eigenvalue weighted by molar-refractivity contribution is 0.277. The minimum absolute atomic E-state index is 0.268. The van der Waals surface area contributed by atoms with Gasteiger partial charge in [0.15, 0.2) is 0 Å². The molecule has 1 aliphatic heterocycles.